The molecule has 0 fully saturated rings. The SMILES string of the molecule is c1ccc(-c2nc(CNCCc3cscn3)cs2)nc1. The van der Waals surface area contributed by atoms with Crippen LogP contribution in [0.3, 0.4) is 0 Å². The van der Waals surface area contributed by atoms with Crippen molar-refractivity contribution in [2.75, 3.05) is 6.54 Å². The highest BCUT2D eigenvalue weighted by Gasteiger charge is 2.05. The van der Waals surface area contributed by atoms with Crippen molar-refractivity contribution in [1.29, 1.82) is 0 Å². The van der Waals surface area contributed by atoms with E-state index in [9.17, 15) is 0 Å². The summed E-state index contributed by atoms with van der Waals surface area (Å²) in [5, 5.41) is 8.54. The predicted molar refractivity (Wildman–Crippen MR) is 82.9 cm³/mol. The minimum Gasteiger partial charge on any atom is -0.311 e. The molecule has 3 aromatic rings. The molecule has 4 nitrogen and oxygen atoms in total. The summed E-state index contributed by atoms with van der Waals surface area (Å²) in [7, 11) is 0. The molecule has 0 spiro atoms. The molecule has 1 N–H and O–H groups in total. The number of thiazole rings is 2. The smallest absolute Gasteiger partial charge is 0.142 e. The summed E-state index contributed by atoms with van der Waals surface area (Å²) in [6.07, 6.45) is 2.75. The minimum absolute atomic E-state index is 0.785. The zero-order valence-corrected chi connectivity index (χ0v) is 12.5. The first-order valence-corrected chi connectivity index (χ1v) is 8.17. The van der Waals surface area contributed by atoms with Gasteiger partial charge < -0.3 is 5.32 Å². The lowest BCUT2D eigenvalue weighted by Crippen LogP contribution is -2.16. The number of pyridine rings is 1. The van der Waals surface area contributed by atoms with E-state index in [0.29, 0.717) is 0 Å². The highest BCUT2D eigenvalue weighted by atomic mass is 32.1. The van der Waals surface area contributed by atoms with Crippen LogP contribution in [0.25, 0.3) is 10.7 Å². The highest BCUT2D eigenvalue weighted by molar-refractivity contribution is 7.13. The van der Waals surface area contributed by atoms with E-state index in [4.69, 9.17) is 0 Å². The Bertz CT molecular complexity index is 634. The Hall–Kier alpha value is -1.63. The molecule has 0 amide bonds. The Labute approximate surface area is 125 Å². The third-order valence-corrected chi connectivity index (χ3v) is 4.33. The molecule has 0 aliphatic heterocycles. The second-order valence-electron chi connectivity index (χ2n) is 4.27. The summed E-state index contributed by atoms with van der Waals surface area (Å²) in [6, 6.07) is 5.88. The van der Waals surface area contributed by atoms with Crippen LogP contribution in [0.5, 0.6) is 0 Å². The first kappa shape index (κ1) is 13.4. The first-order chi connectivity index (χ1) is 9.92. The number of hydrogen-bond acceptors (Lipinski definition) is 6. The molecule has 0 saturated carbocycles. The Morgan fingerprint density at radius 3 is 2.90 bits per heavy atom. The van der Waals surface area contributed by atoms with Crippen LogP contribution in [0.2, 0.25) is 0 Å². The fourth-order valence-corrected chi connectivity index (χ4v) is 3.18. The van der Waals surface area contributed by atoms with E-state index in [0.717, 1.165) is 41.6 Å². The van der Waals surface area contributed by atoms with Gasteiger partial charge in [0, 0.05) is 36.5 Å². The van der Waals surface area contributed by atoms with Crippen molar-refractivity contribution in [2.24, 2.45) is 0 Å². The molecular weight excluding hydrogens is 288 g/mol. The van der Waals surface area contributed by atoms with Crippen molar-refractivity contribution >= 4 is 22.7 Å². The topological polar surface area (TPSA) is 50.7 Å². The number of nitrogens with one attached hydrogen (secondary N) is 1. The second-order valence-corrected chi connectivity index (χ2v) is 5.84. The van der Waals surface area contributed by atoms with Crippen molar-refractivity contribution in [3.63, 3.8) is 0 Å². The lowest BCUT2D eigenvalue weighted by atomic mass is 10.3. The maximum absolute atomic E-state index is 4.60. The standard InChI is InChI=1S/C14H14N4S2/c1-2-5-16-13(3-1)14-18-12(9-20-14)7-15-6-4-11-8-19-10-17-11/h1-3,5,8-10,15H,4,6-7H2. The van der Waals surface area contributed by atoms with E-state index in [2.05, 4.69) is 31.0 Å². The molecule has 0 saturated heterocycles. The van der Waals surface area contributed by atoms with Crippen LogP contribution in [0.15, 0.2) is 40.7 Å². The maximum Gasteiger partial charge on any atom is 0.142 e. The predicted octanol–water partition coefficient (Wildman–Crippen LogP) is 2.99. The van der Waals surface area contributed by atoms with Crippen molar-refractivity contribution in [3.05, 3.63) is 52.1 Å². The van der Waals surface area contributed by atoms with Gasteiger partial charge in [-0.25, -0.2) is 9.97 Å². The number of aromatic nitrogens is 3. The monoisotopic (exact) mass is 302 g/mol. The highest BCUT2D eigenvalue weighted by Crippen LogP contribution is 2.21. The van der Waals surface area contributed by atoms with Gasteiger partial charge in [0.05, 0.1) is 22.6 Å². The van der Waals surface area contributed by atoms with Crippen LogP contribution < -0.4 is 5.32 Å². The van der Waals surface area contributed by atoms with E-state index in [1.54, 1.807) is 28.9 Å². The van der Waals surface area contributed by atoms with Gasteiger partial charge in [-0.3, -0.25) is 4.98 Å². The molecule has 0 atom stereocenters. The Kier molecular flexibility index (Phi) is 4.47. The molecule has 3 heterocycles. The van der Waals surface area contributed by atoms with Gasteiger partial charge in [0.25, 0.3) is 0 Å². The van der Waals surface area contributed by atoms with Gasteiger partial charge in [-0.2, -0.15) is 0 Å². The van der Waals surface area contributed by atoms with Gasteiger partial charge in [-0.15, -0.1) is 22.7 Å². The summed E-state index contributed by atoms with van der Waals surface area (Å²) < 4.78 is 0. The minimum atomic E-state index is 0.785. The quantitative estimate of drug-likeness (QED) is 0.711. The molecule has 0 aliphatic carbocycles. The van der Waals surface area contributed by atoms with Crippen LogP contribution in [-0.4, -0.2) is 21.5 Å². The third kappa shape index (κ3) is 3.47. The summed E-state index contributed by atoms with van der Waals surface area (Å²) in [5.74, 6) is 0. The van der Waals surface area contributed by atoms with Gasteiger partial charge in [-0.1, -0.05) is 6.07 Å². The molecule has 0 radical (unpaired) electrons. The van der Waals surface area contributed by atoms with E-state index in [-0.39, 0.29) is 0 Å². The Balaban J connectivity index is 1.50. The van der Waals surface area contributed by atoms with Crippen LogP contribution in [0.4, 0.5) is 0 Å². The van der Waals surface area contributed by atoms with E-state index in [1.165, 1.54) is 0 Å². The van der Waals surface area contributed by atoms with E-state index in [1.807, 2.05) is 23.7 Å². The largest absolute Gasteiger partial charge is 0.311 e. The van der Waals surface area contributed by atoms with Crippen molar-refractivity contribution in [3.8, 4) is 10.7 Å². The molecule has 0 aliphatic rings. The number of hydrogen-bond donors (Lipinski definition) is 1. The second kappa shape index (κ2) is 6.69. The van der Waals surface area contributed by atoms with Gasteiger partial charge in [-0.05, 0) is 12.1 Å². The molecule has 0 unspecified atom stereocenters. The van der Waals surface area contributed by atoms with Gasteiger partial charge in [0.2, 0.25) is 0 Å². The van der Waals surface area contributed by atoms with Gasteiger partial charge >= 0.3 is 0 Å². The Morgan fingerprint density at radius 1 is 1.10 bits per heavy atom. The molecule has 102 valence electrons. The number of rotatable bonds is 6. The molecule has 0 aromatic carbocycles. The molecule has 20 heavy (non-hydrogen) atoms. The molecule has 3 rings (SSSR count). The van der Waals surface area contributed by atoms with Crippen LogP contribution >= 0.6 is 22.7 Å². The van der Waals surface area contributed by atoms with Crippen LogP contribution in [0, 0.1) is 0 Å². The van der Waals surface area contributed by atoms with Crippen molar-refractivity contribution in [1.82, 2.24) is 20.3 Å². The lowest BCUT2D eigenvalue weighted by Gasteiger charge is -2.00. The number of nitrogens with zero attached hydrogens (tertiary/aromatic N) is 3. The summed E-state index contributed by atoms with van der Waals surface area (Å²) in [6.45, 7) is 1.70. The Morgan fingerprint density at radius 2 is 2.10 bits per heavy atom. The average molecular weight is 302 g/mol. The summed E-state index contributed by atoms with van der Waals surface area (Å²) >= 11 is 3.27. The fraction of sp³-hybridized carbons (Fsp3) is 0.214. The zero-order valence-electron chi connectivity index (χ0n) is 10.8. The summed E-state index contributed by atoms with van der Waals surface area (Å²) in [4.78, 5) is 13.2. The van der Waals surface area contributed by atoms with E-state index >= 15 is 0 Å². The van der Waals surface area contributed by atoms with Crippen molar-refractivity contribution in [2.45, 2.75) is 13.0 Å². The van der Waals surface area contributed by atoms with Crippen molar-refractivity contribution < 1.29 is 0 Å². The molecule has 6 heteroatoms. The van der Waals surface area contributed by atoms with Crippen LogP contribution in [-0.2, 0) is 13.0 Å². The van der Waals surface area contributed by atoms with Crippen LogP contribution in [0.1, 0.15) is 11.4 Å². The van der Waals surface area contributed by atoms with E-state index < -0.39 is 0 Å². The first-order valence-electron chi connectivity index (χ1n) is 6.35. The van der Waals surface area contributed by atoms with Gasteiger partial charge in [0.1, 0.15) is 5.01 Å². The third-order valence-electron chi connectivity index (χ3n) is 2.78. The zero-order chi connectivity index (χ0) is 13.6. The summed E-state index contributed by atoms with van der Waals surface area (Å²) in [5.41, 5.74) is 5.02. The fourth-order valence-electron chi connectivity index (χ4n) is 1.79. The average Bonchev–Trinajstić information content (AvgIpc) is 3.16. The molecular formula is C14H14N4S2. The normalized spacial score (nSPS) is 10.8. The molecule has 0 bridgehead atoms. The van der Waals surface area contributed by atoms with Gasteiger partial charge in [0.15, 0.2) is 0 Å². The molecule has 3 aromatic heterocycles. The lowest BCUT2D eigenvalue weighted by molar-refractivity contribution is 0.673. The maximum atomic E-state index is 4.60.